The first kappa shape index (κ1) is 19.2. The molecule has 2 aliphatic rings. The van der Waals surface area contributed by atoms with Crippen LogP contribution in [0.3, 0.4) is 0 Å². The number of aromatic nitrogens is 4. The first-order valence-corrected chi connectivity index (χ1v) is 9.34. The maximum absolute atomic E-state index is 10.5. The van der Waals surface area contributed by atoms with Crippen molar-refractivity contribution in [2.45, 2.75) is 37.0 Å². The van der Waals surface area contributed by atoms with Crippen molar-refractivity contribution in [2.75, 3.05) is 32.2 Å². The molecule has 4 heterocycles. The van der Waals surface area contributed by atoms with Gasteiger partial charge < -0.3 is 35.1 Å². The molecule has 5 atom stereocenters. The van der Waals surface area contributed by atoms with Gasteiger partial charge in [0.1, 0.15) is 24.6 Å². The van der Waals surface area contributed by atoms with E-state index in [-0.39, 0.29) is 17.8 Å². The molecule has 11 nitrogen and oxygen atoms in total. The molecule has 2 aliphatic heterocycles. The summed E-state index contributed by atoms with van der Waals surface area (Å²) < 4.78 is 17.7. The molecular formula is C16H22N6O5S. The van der Waals surface area contributed by atoms with E-state index >= 15 is 0 Å². The Hall–Kier alpha value is -2.12. The lowest BCUT2D eigenvalue weighted by atomic mass is 10.1. The minimum atomic E-state index is -1.16. The zero-order valence-electron chi connectivity index (χ0n) is 15.2. The lowest BCUT2D eigenvalue weighted by Crippen LogP contribution is -2.39. The van der Waals surface area contributed by atoms with Crippen LogP contribution in [0.5, 0.6) is 0 Å². The minimum Gasteiger partial charge on any atom is -0.474 e. The van der Waals surface area contributed by atoms with E-state index < -0.39 is 24.5 Å². The number of thiocarbonyl (C=S) groups is 1. The van der Waals surface area contributed by atoms with Crippen LogP contribution in [0, 0.1) is 0 Å². The summed E-state index contributed by atoms with van der Waals surface area (Å²) in [6.07, 6.45) is 0.0415. The summed E-state index contributed by atoms with van der Waals surface area (Å²) >= 11 is 4.92. The first-order valence-electron chi connectivity index (χ1n) is 8.93. The van der Waals surface area contributed by atoms with Crippen LogP contribution >= 0.6 is 12.2 Å². The number of nitrogens with zero attached hydrogens (tertiary/aromatic N) is 4. The van der Waals surface area contributed by atoms with Crippen molar-refractivity contribution < 1.29 is 24.4 Å². The van der Waals surface area contributed by atoms with Crippen molar-refractivity contribution >= 4 is 34.4 Å². The molecule has 4 rings (SSSR count). The Kier molecular flexibility index (Phi) is 5.55. The zero-order valence-corrected chi connectivity index (χ0v) is 16.0. The molecular weight excluding hydrogens is 388 g/mol. The van der Waals surface area contributed by atoms with Gasteiger partial charge in [-0.15, -0.1) is 0 Å². The number of methoxy groups -OCH3 is 1. The fraction of sp³-hybridized carbons (Fsp3) is 0.625. The number of nitrogens with one attached hydrogen (secondary N) is 2. The highest BCUT2D eigenvalue weighted by atomic mass is 32.1. The van der Waals surface area contributed by atoms with Gasteiger partial charge in [-0.2, -0.15) is 0 Å². The second kappa shape index (κ2) is 8.09. The quantitative estimate of drug-likeness (QED) is 0.460. The highest BCUT2D eigenvalue weighted by Gasteiger charge is 2.44. The molecule has 4 N–H and O–H groups in total. The van der Waals surface area contributed by atoms with Gasteiger partial charge in [-0.3, -0.25) is 4.57 Å². The lowest BCUT2D eigenvalue weighted by molar-refractivity contribution is -0.0333. The van der Waals surface area contributed by atoms with Crippen molar-refractivity contribution in [1.29, 1.82) is 0 Å². The molecule has 0 saturated carbocycles. The van der Waals surface area contributed by atoms with Crippen molar-refractivity contribution in [3.8, 4) is 0 Å². The third-order valence-corrected chi connectivity index (χ3v) is 5.18. The van der Waals surface area contributed by atoms with E-state index in [1.807, 2.05) is 0 Å². The van der Waals surface area contributed by atoms with Gasteiger partial charge in [-0.05, 0) is 18.6 Å². The van der Waals surface area contributed by atoms with E-state index in [0.29, 0.717) is 30.2 Å². The third kappa shape index (κ3) is 3.61. The number of hydrogen-bond acceptors (Lipinski definition) is 10. The van der Waals surface area contributed by atoms with Gasteiger partial charge in [0.15, 0.2) is 23.2 Å². The Morgan fingerprint density at radius 1 is 1.36 bits per heavy atom. The van der Waals surface area contributed by atoms with Gasteiger partial charge in [0, 0.05) is 13.2 Å². The van der Waals surface area contributed by atoms with Crippen LogP contribution in [0.15, 0.2) is 12.7 Å². The van der Waals surface area contributed by atoms with E-state index in [4.69, 9.17) is 26.4 Å². The average molecular weight is 410 g/mol. The van der Waals surface area contributed by atoms with Gasteiger partial charge in [0.2, 0.25) is 0 Å². The molecule has 0 aliphatic carbocycles. The monoisotopic (exact) mass is 410 g/mol. The third-order valence-electron chi connectivity index (χ3n) is 4.87. The minimum absolute atomic E-state index is 0.165. The number of fused-ring (bicyclic) bond motifs is 1. The number of aliphatic hydroxyl groups is 2. The maximum Gasteiger partial charge on any atom is 0.256 e. The molecule has 2 fully saturated rings. The van der Waals surface area contributed by atoms with Crippen LogP contribution in [0.1, 0.15) is 12.6 Å². The van der Waals surface area contributed by atoms with E-state index in [9.17, 15) is 10.2 Å². The second-order valence-corrected chi connectivity index (χ2v) is 7.04. The van der Waals surface area contributed by atoms with Crippen molar-refractivity contribution in [1.82, 2.24) is 24.8 Å². The number of imidazole rings is 1. The topological polar surface area (TPSA) is 136 Å². The summed E-state index contributed by atoms with van der Waals surface area (Å²) in [4.78, 5) is 12.9. The van der Waals surface area contributed by atoms with Crippen LogP contribution in [-0.2, 0) is 14.2 Å². The summed E-state index contributed by atoms with van der Waals surface area (Å²) in [5.41, 5.74) is 1.05. The molecule has 152 valence electrons. The Balaban J connectivity index is 1.54. The van der Waals surface area contributed by atoms with E-state index in [0.717, 1.165) is 6.42 Å². The molecule has 2 aromatic heterocycles. The maximum atomic E-state index is 10.5. The van der Waals surface area contributed by atoms with Crippen molar-refractivity contribution in [2.24, 2.45) is 0 Å². The van der Waals surface area contributed by atoms with Crippen LogP contribution in [0.2, 0.25) is 0 Å². The summed E-state index contributed by atoms with van der Waals surface area (Å²) in [7, 11) is 1.44. The van der Waals surface area contributed by atoms with Gasteiger partial charge in [0.05, 0.1) is 26.1 Å². The molecule has 2 aromatic rings. The van der Waals surface area contributed by atoms with E-state index in [1.165, 1.54) is 19.8 Å². The fourth-order valence-corrected chi connectivity index (χ4v) is 3.45. The Bertz CT molecular complexity index is 844. The molecule has 5 unspecified atom stereocenters. The first-order chi connectivity index (χ1) is 13.6. The van der Waals surface area contributed by atoms with Gasteiger partial charge in [-0.1, -0.05) is 0 Å². The lowest BCUT2D eigenvalue weighted by Gasteiger charge is -2.17. The van der Waals surface area contributed by atoms with Gasteiger partial charge in [-0.25, -0.2) is 15.0 Å². The standard InChI is InChI=1S/C16H22N6O5S/c1-25-16(28)17-4-9-11(23)12(24)15(27-9)22-7-20-10-13(18-6-19-14(10)22)21-8-2-3-26-5-8/h6-9,11-12,15,23-24H,2-5H2,1H3,(H,17,28)(H,18,19,21). The largest absolute Gasteiger partial charge is 0.474 e. The van der Waals surface area contributed by atoms with Gasteiger partial charge >= 0.3 is 0 Å². The summed E-state index contributed by atoms with van der Waals surface area (Å²) in [6, 6.07) is 0.165. The van der Waals surface area contributed by atoms with Crippen LogP contribution < -0.4 is 10.6 Å². The number of anilines is 1. The van der Waals surface area contributed by atoms with Crippen LogP contribution in [0.4, 0.5) is 5.82 Å². The predicted octanol–water partition coefficient (Wildman–Crippen LogP) is -0.833. The zero-order chi connectivity index (χ0) is 19.7. The summed E-state index contributed by atoms with van der Waals surface area (Å²) in [5, 5.41) is 27.1. The number of rotatable bonds is 5. The smallest absolute Gasteiger partial charge is 0.256 e. The normalized spacial score (nSPS) is 29.9. The number of ether oxygens (including phenoxy) is 3. The SMILES string of the molecule is COC(=S)NCC1OC(n2cnc3c(NC4CCOC4)ncnc32)C(O)C1O. The average Bonchev–Trinajstić information content (AvgIpc) is 3.42. The predicted molar refractivity (Wildman–Crippen MR) is 102 cm³/mol. The van der Waals surface area contributed by atoms with Crippen LogP contribution in [0.25, 0.3) is 11.2 Å². The van der Waals surface area contributed by atoms with Crippen molar-refractivity contribution in [3.05, 3.63) is 12.7 Å². The molecule has 12 heteroatoms. The molecule has 2 saturated heterocycles. The molecule has 0 bridgehead atoms. The highest BCUT2D eigenvalue weighted by molar-refractivity contribution is 7.80. The number of aliphatic hydroxyl groups excluding tert-OH is 2. The molecule has 0 aromatic carbocycles. The highest BCUT2D eigenvalue weighted by Crippen LogP contribution is 2.32. The Labute approximate surface area is 166 Å². The summed E-state index contributed by atoms with van der Waals surface area (Å²) in [6.45, 7) is 1.51. The fourth-order valence-electron chi connectivity index (χ4n) is 3.37. The summed E-state index contributed by atoms with van der Waals surface area (Å²) in [5.74, 6) is 0.593. The molecule has 0 amide bonds. The second-order valence-electron chi connectivity index (χ2n) is 6.67. The molecule has 0 spiro atoms. The molecule has 0 radical (unpaired) electrons. The van der Waals surface area contributed by atoms with Crippen molar-refractivity contribution in [3.63, 3.8) is 0 Å². The number of hydrogen-bond donors (Lipinski definition) is 4. The van der Waals surface area contributed by atoms with Crippen LogP contribution in [-0.4, -0.2) is 86.1 Å². The Morgan fingerprint density at radius 3 is 2.96 bits per heavy atom. The van der Waals surface area contributed by atoms with E-state index in [2.05, 4.69) is 25.6 Å². The Morgan fingerprint density at radius 2 is 2.21 bits per heavy atom. The van der Waals surface area contributed by atoms with E-state index in [1.54, 1.807) is 4.57 Å². The van der Waals surface area contributed by atoms with Gasteiger partial charge in [0.25, 0.3) is 5.17 Å². The molecule has 28 heavy (non-hydrogen) atoms.